The summed E-state index contributed by atoms with van der Waals surface area (Å²) >= 11 is 3.58. The van der Waals surface area contributed by atoms with Crippen LogP contribution in [0.1, 0.15) is 44.6 Å². The summed E-state index contributed by atoms with van der Waals surface area (Å²) in [5.41, 5.74) is 1.23. The topological polar surface area (TPSA) is 23.6 Å². The number of hydrogen-bond donors (Lipinski definition) is 0. The van der Waals surface area contributed by atoms with Crippen molar-refractivity contribution in [3.05, 3.63) is 34.3 Å². The fourth-order valence-electron chi connectivity index (χ4n) is 4.15. The van der Waals surface area contributed by atoms with Gasteiger partial charge in [0.15, 0.2) is 0 Å². The van der Waals surface area contributed by atoms with E-state index in [4.69, 9.17) is 0 Å². The Morgan fingerprint density at radius 3 is 2.68 bits per heavy atom. The lowest BCUT2D eigenvalue weighted by atomic mass is 9.94. The highest BCUT2D eigenvalue weighted by atomic mass is 79.9. The number of rotatable bonds is 5. The number of likely N-dealkylation sites (tertiary alicyclic amines) is 2. The Kier molecular flexibility index (Phi) is 6.94. The van der Waals surface area contributed by atoms with Crippen molar-refractivity contribution in [2.24, 2.45) is 11.8 Å². The van der Waals surface area contributed by atoms with E-state index in [9.17, 15) is 4.79 Å². The van der Waals surface area contributed by atoms with Crippen molar-refractivity contribution in [2.45, 2.75) is 45.4 Å². The van der Waals surface area contributed by atoms with E-state index in [1.54, 1.807) is 0 Å². The molecule has 4 heteroatoms. The highest BCUT2D eigenvalue weighted by Gasteiger charge is 2.26. The van der Waals surface area contributed by atoms with Gasteiger partial charge < -0.3 is 9.80 Å². The standard InChI is InChI=1S/C21H31BrN2O/c1-17-10-13-23(14-11-17)15-18-5-4-12-24(16-18)21(25)9-8-19-6-2-3-7-20(19)22/h2-3,6-7,17-18H,4-5,8-16H2,1H3. The van der Waals surface area contributed by atoms with Gasteiger partial charge in [0.1, 0.15) is 0 Å². The molecule has 0 spiro atoms. The number of piperidine rings is 2. The van der Waals surface area contributed by atoms with Gasteiger partial charge >= 0.3 is 0 Å². The molecule has 0 saturated carbocycles. The van der Waals surface area contributed by atoms with Crippen molar-refractivity contribution < 1.29 is 4.79 Å². The third kappa shape index (κ3) is 5.55. The van der Waals surface area contributed by atoms with Crippen molar-refractivity contribution in [2.75, 3.05) is 32.7 Å². The minimum Gasteiger partial charge on any atom is -0.342 e. The predicted octanol–water partition coefficient (Wildman–Crippen LogP) is 4.35. The minimum absolute atomic E-state index is 0.327. The molecule has 0 aromatic heterocycles. The van der Waals surface area contributed by atoms with Gasteiger partial charge in [-0.15, -0.1) is 0 Å². The molecule has 2 heterocycles. The van der Waals surface area contributed by atoms with E-state index in [-0.39, 0.29) is 0 Å². The van der Waals surface area contributed by atoms with Crippen LogP contribution >= 0.6 is 15.9 Å². The molecule has 3 nitrogen and oxygen atoms in total. The molecule has 0 N–H and O–H groups in total. The Morgan fingerprint density at radius 2 is 1.92 bits per heavy atom. The van der Waals surface area contributed by atoms with E-state index in [1.807, 2.05) is 12.1 Å². The quantitative estimate of drug-likeness (QED) is 0.725. The summed E-state index contributed by atoms with van der Waals surface area (Å²) < 4.78 is 1.11. The van der Waals surface area contributed by atoms with Crippen LogP contribution < -0.4 is 0 Å². The van der Waals surface area contributed by atoms with Gasteiger partial charge in [-0.3, -0.25) is 4.79 Å². The molecule has 0 aliphatic carbocycles. The third-order valence-electron chi connectivity index (χ3n) is 5.83. The molecule has 25 heavy (non-hydrogen) atoms. The zero-order valence-corrected chi connectivity index (χ0v) is 17.0. The van der Waals surface area contributed by atoms with E-state index >= 15 is 0 Å². The first-order valence-electron chi connectivity index (χ1n) is 9.85. The van der Waals surface area contributed by atoms with Crippen LogP contribution in [0.4, 0.5) is 0 Å². The molecule has 3 rings (SSSR count). The van der Waals surface area contributed by atoms with E-state index in [1.165, 1.54) is 44.5 Å². The average molecular weight is 407 g/mol. The summed E-state index contributed by atoms with van der Waals surface area (Å²) in [5.74, 6) is 1.88. The summed E-state index contributed by atoms with van der Waals surface area (Å²) in [6.07, 6.45) is 6.56. The van der Waals surface area contributed by atoms with E-state index in [0.29, 0.717) is 18.2 Å². The molecule has 2 aliphatic rings. The molecule has 1 amide bonds. The Morgan fingerprint density at radius 1 is 1.16 bits per heavy atom. The monoisotopic (exact) mass is 406 g/mol. The second-order valence-electron chi connectivity index (χ2n) is 7.92. The number of carbonyl (C=O) groups excluding carboxylic acids is 1. The van der Waals surface area contributed by atoms with Gasteiger partial charge in [-0.2, -0.15) is 0 Å². The maximum absolute atomic E-state index is 12.7. The molecule has 1 atom stereocenters. The Bertz CT molecular complexity index is 569. The summed E-state index contributed by atoms with van der Waals surface area (Å²) in [6.45, 7) is 7.94. The zero-order chi connectivity index (χ0) is 17.6. The lowest BCUT2D eigenvalue weighted by Gasteiger charge is -2.38. The highest BCUT2D eigenvalue weighted by molar-refractivity contribution is 9.10. The first-order valence-corrected chi connectivity index (χ1v) is 10.6. The van der Waals surface area contributed by atoms with Crippen molar-refractivity contribution in [3.63, 3.8) is 0 Å². The Hall–Kier alpha value is -0.870. The lowest BCUT2D eigenvalue weighted by molar-refractivity contribution is -0.133. The fourth-order valence-corrected chi connectivity index (χ4v) is 4.63. The molecule has 2 saturated heterocycles. The van der Waals surface area contributed by atoms with Gasteiger partial charge in [-0.05, 0) is 68.7 Å². The number of benzene rings is 1. The first-order chi connectivity index (χ1) is 12.1. The summed E-state index contributed by atoms with van der Waals surface area (Å²) in [4.78, 5) is 17.4. The largest absolute Gasteiger partial charge is 0.342 e. The van der Waals surface area contributed by atoms with Gasteiger partial charge in [-0.1, -0.05) is 41.1 Å². The molecule has 1 aromatic rings. The van der Waals surface area contributed by atoms with Crippen molar-refractivity contribution >= 4 is 21.8 Å². The van der Waals surface area contributed by atoms with Crippen molar-refractivity contribution in [1.29, 1.82) is 0 Å². The van der Waals surface area contributed by atoms with Crippen LogP contribution in [0.25, 0.3) is 0 Å². The fraction of sp³-hybridized carbons (Fsp3) is 0.667. The van der Waals surface area contributed by atoms with E-state index < -0.39 is 0 Å². The minimum atomic E-state index is 0.327. The SMILES string of the molecule is CC1CCN(CC2CCCN(C(=O)CCc3ccccc3Br)C2)CC1. The first kappa shape index (κ1) is 18.9. The number of amides is 1. The molecular weight excluding hydrogens is 376 g/mol. The van der Waals surface area contributed by atoms with Gasteiger partial charge in [0.05, 0.1) is 0 Å². The number of carbonyl (C=O) groups is 1. The van der Waals surface area contributed by atoms with Gasteiger partial charge in [-0.25, -0.2) is 0 Å². The van der Waals surface area contributed by atoms with Crippen molar-refractivity contribution in [3.8, 4) is 0 Å². The highest BCUT2D eigenvalue weighted by Crippen LogP contribution is 2.23. The molecule has 1 unspecified atom stereocenters. The second kappa shape index (κ2) is 9.18. The predicted molar refractivity (Wildman–Crippen MR) is 107 cm³/mol. The molecule has 138 valence electrons. The Balaban J connectivity index is 1.45. The Labute approximate surface area is 160 Å². The normalized spacial score (nSPS) is 23.0. The maximum Gasteiger partial charge on any atom is 0.222 e. The van der Waals surface area contributed by atoms with Crippen molar-refractivity contribution in [1.82, 2.24) is 9.80 Å². The van der Waals surface area contributed by atoms with Crippen LogP contribution in [0, 0.1) is 11.8 Å². The zero-order valence-electron chi connectivity index (χ0n) is 15.4. The van der Waals surface area contributed by atoms with E-state index in [0.717, 1.165) is 36.3 Å². The number of aryl methyl sites for hydroxylation is 1. The molecule has 0 radical (unpaired) electrons. The smallest absolute Gasteiger partial charge is 0.222 e. The van der Waals surface area contributed by atoms with Gasteiger partial charge in [0, 0.05) is 30.5 Å². The van der Waals surface area contributed by atoms with Gasteiger partial charge in [0.2, 0.25) is 5.91 Å². The number of hydrogen-bond acceptors (Lipinski definition) is 2. The second-order valence-corrected chi connectivity index (χ2v) is 8.78. The average Bonchev–Trinajstić information content (AvgIpc) is 2.63. The maximum atomic E-state index is 12.7. The van der Waals surface area contributed by atoms with Crippen LogP contribution in [0.5, 0.6) is 0 Å². The number of nitrogens with zero attached hydrogens (tertiary/aromatic N) is 2. The van der Waals surface area contributed by atoms with Crippen LogP contribution in [0.3, 0.4) is 0 Å². The van der Waals surface area contributed by atoms with Crippen LogP contribution in [0.2, 0.25) is 0 Å². The third-order valence-corrected chi connectivity index (χ3v) is 6.60. The molecule has 0 bridgehead atoms. The summed E-state index contributed by atoms with van der Waals surface area (Å²) in [6, 6.07) is 8.22. The van der Waals surface area contributed by atoms with E-state index in [2.05, 4.69) is 44.8 Å². The lowest BCUT2D eigenvalue weighted by Crippen LogP contribution is -2.45. The molecule has 2 aliphatic heterocycles. The molecule has 2 fully saturated rings. The summed E-state index contributed by atoms with van der Waals surface area (Å²) in [5, 5.41) is 0. The van der Waals surface area contributed by atoms with Crippen LogP contribution in [-0.4, -0.2) is 48.4 Å². The van der Waals surface area contributed by atoms with Crippen LogP contribution in [0.15, 0.2) is 28.7 Å². The number of halogens is 1. The molecule has 1 aromatic carbocycles. The molecular formula is C21H31BrN2O. The van der Waals surface area contributed by atoms with Crippen LogP contribution in [-0.2, 0) is 11.2 Å². The van der Waals surface area contributed by atoms with Gasteiger partial charge in [0.25, 0.3) is 0 Å². The summed E-state index contributed by atoms with van der Waals surface area (Å²) in [7, 11) is 0.